The minimum absolute atomic E-state index is 0.555. The molecular formula is C13H14N4. The second-order valence-electron chi connectivity index (χ2n) is 4.24. The van der Waals surface area contributed by atoms with Gasteiger partial charge in [0.1, 0.15) is 18.0 Å². The molecule has 4 heteroatoms. The maximum atomic E-state index is 5.83. The summed E-state index contributed by atoms with van der Waals surface area (Å²) in [5, 5.41) is 0. The third-order valence-corrected chi connectivity index (χ3v) is 3.24. The van der Waals surface area contributed by atoms with Crippen molar-refractivity contribution in [1.82, 2.24) is 9.97 Å². The van der Waals surface area contributed by atoms with Crippen LogP contribution in [0.4, 0.5) is 17.3 Å². The lowest BCUT2D eigenvalue weighted by atomic mass is 10.2. The zero-order valence-electron chi connectivity index (χ0n) is 9.72. The van der Waals surface area contributed by atoms with E-state index in [1.807, 2.05) is 6.92 Å². The molecule has 2 heterocycles. The van der Waals surface area contributed by atoms with Crippen molar-refractivity contribution in [2.24, 2.45) is 0 Å². The molecule has 0 atom stereocenters. The molecule has 17 heavy (non-hydrogen) atoms. The van der Waals surface area contributed by atoms with Gasteiger partial charge in [-0.3, -0.25) is 0 Å². The summed E-state index contributed by atoms with van der Waals surface area (Å²) >= 11 is 0. The predicted octanol–water partition coefficient (Wildman–Crippen LogP) is 2.06. The number of aromatic nitrogens is 2. The molecule has 0 spiro atoms. The van der Waals surface area contributed by atoms with Crippen molar-refractivity contribution in [1.29, 1.82) is 0 Å². The average molecular weight is 226 g/mol. The van der Waals surface area contributed by atoms with Crippen molar-refractivity contribution in [3.63, 3.8) is 0 Å². The lowest BCUT2D eigenvalue weighted by Gasteiger charge is -2.20. The number of nitrogens with zero attached hydrogens (tertiary/aromatic N) is 3. The van der Waals surface area contributed by atoms with Gasteiger partial charge in [-0.15, -0.1) is 0 Å². The van der Waals surface area contributed by atoms with Gasteiger partial charge in [0.05, 0.1) is 0 Å². The van der Waals surface area contributed by atoms with Gasteiger partial charge < -0.3 is 10.6 Å². The molecular weight excluding hydrogens is 212 g/mol. The predicted molar refractivity (Wildman–Crippen MR) is 68.3 cm³/mol. The zero-order valence-corrected chi connectivity index (χ0v) is 9.72. The fraction of sp³-hybridized carbons (Fsp3) is 0.231. The maximum Gasteiger partial charge on any atom is 0.141 e. The number of nitrogen functional groups attached to an aromatic ring is 1. The van der Waals surface area contributed by atoms with Crippen LogP contribution in [0, 0.1) is 6.92 Å². The van der Waals surface area contributed by atoms with E-state index in [1.54, 1.807) is 0 Å². The highest BCUT2D eigenvalue weighted by Gasteiger charge is 2.22. The molecule has 0 fully saturated rings. The van der Waals surface area contributed by atoms with Crippen LogP contribution >= 0.6 is 0 Å². The van der Waals surface area contributed by atoms with Crippen LogP contribution in [-0.2, 0) is 6.42 Å². The van der Waals surface area contributed by atoms with Gasteiger partial charge in [-0.25, -0.2) is 9.97 Å². The van der Waals surface area contributed by atoms with Crippen LogP contribution in [0.3, 0.4) is 0 Å². The smallest absolute Gasteiger partial charge is 0.141 e. The molecule has 1 aromatic carbocycles. The summed E-state index contributed by atoms with van der Waals surface area (Å²) in [6, 6.07) is 8.41. The van der Waals surface area contributed by atoms with Crippen molar-refractivity contribution < 1.29 is 0 Å². The van der Waals surface area contributed by atoms with Crippen molar-refractivity contribution in [2.75, 3.05) is 17.2 Å². The fourth-order valence-corrected chi connectivity index (χ4v) is 2.28. The van der Waals surface area contributed by atoms with Crippen LogP contribution in [0.25, 0.3) is 0 Å². The first-order valence-electron chi connectivity index (χ1n) is 5.70. The van der Waals surface area contributed by atoms with Gasteiger partial charge in [0.15, 0.2) is 0 Å². The molecule has 0 bridgehead atoms. The highest BCUT2D eigenvalue weighted by molar-refractivity contribution is 5.71. The molecule has 0 aliphatic carbocycles. The standard InChI is InChI=1S/C13H14N4/c1-9-12(14)15-8-16-13(9)17-7-6-10-4-2-3-5-11(10)17/h2-5,8H,6-7H2,1H3,(H2,14,15,16). The molecule has 0 saturated carbocycles. The Morgan fingerprint density at radius 3 is 2.94 bits per heavy atom. The van der Waals surface area contributed by atoms with Gasteiger partial charge in [0, 0.05) is 17.8 Å². The molecule has 1 aliphatic rings. The highest BCUT2D eigenvalue weighted by atomic mass is 15.2. The summed E-state index contributed by atoms with van der Waals surface area (Å²) in [6.07, 6.45) is 2.58. The Morgan fingerprint density at radius 2 is 2.06 bits per heavy atom. The third kappa shape index (κ3) is 1.53. The maximum absolute atomic E-state index is 5.83. The summed E-state index contributed by atoms with van der Waals surface area (Å²) in [5.74, 6) is 1.47. The largest absolute Gasteiger partial charge is 0.383 e. The van der Waals surface area contributed by atoms with Crippen molar-refractivity contribution in [2.45, 2.75) is 13.3 Å². The Bertz CT molecular complexity index is 565. The number of fused-ring (bicyclic) bond motifs is 1. The lowest BCUT2D eigenvalue weighted by molar-refractivity contribution is 0.956. The van der Waals surface area contributed by atoms with E-state index in [2.05, 4.69) is 39.1 Å². The van der Waals surface area contributed by atoms with E-state index < -0.39 is 0 Å². The summed E-state index contributed by atoms with van der Waals surface area (Å²) < 4.78 is 0. The summed E-state index contributed by atoms with van der Waals surface area (Å²) in [6.45, 7) is 2.92. The average Bonchev–Trinajstić information content (AvgIpc) is 2.77. The first-order chi connectivity index (χ1) is 8.27. The van der Waals surface area contributed by atoms with E-state index in [1.165, 1.54) is 17.6 Å². The SMILES string of the molecule is Cc1c(N)ncnc1N1CCc2ccccc21. The number of benzene rings is 1. The summed E-state index contributed by atoms with van der Waals surface area (Å²) in [5.41, 5.74) is 9.37. The van der Waals surface area contributed by atoms with Crippen LogP contribution < -0.4 is 10.6 Å². The van der Waals surface area contributed by atoms with E-state index in [0.717, 1.165) is 24.3 Å². The van der Waals surface area contributed by atoms with Crippen LogP contribution in [0.2, 0.25) is 0 Å². The second-order valence-corrected chi connectivity index (χ2v) is 4.24. The summed E-state index contributed by atoms with van der Waals surface area (Å²) in [7, 11) is 0. The normalized spacial score (nSPS) is 13.8. The molecule has 0 amide bonds. The third-order valence-electron chi connectivity index (χ3n) is 3.24. The van der Waals surface area contributed by atoms with Gasteiger partial charge in [-0.1, -0.05) is 18.2 Å². The van der Waals surface area contributed by atoms with Crippen molar-refractivity contribution in [3.05, 3.63) is 41.7 Å². The number of nitrogens with two attached hydrogens (primary N) is 1. The molecule has 86 valence electrons. The van der Waals surface area contributed by atoms with E-state index in [-0.39, 0.29) is 0 Å². The molecule has 4 nitrogen and oxygen atoms in total. The Morgan fingerprint density at radius 1 is 1.24 bits per heavy atom. The molecule has 2 aromatic rings. The van der Waals surface area contributed by atoms with Gasteiger partial charge in [0.25, 0.3) is 0 Å². The second kappa shape index (κ2) is 3.73. The minimum Gasteiger partial charge on any atom is -0.383 e. The van der Waals surface area contributed by atoms with Crippen LogP contribution in [0.1, 0.15) is 11.1 Å². The fourth-order valence-electron chi connectivity index (χ4n) is 2.28. The molecule has 0 unspecified atom stereocenters. The molecule has 1 aromatic heterocycles. The Balaban J connectivity index is 2.10. The van der Waals surface area contributed by atoms with Crippen molar-refractivity contribution >= 4 is 17.3 Å². The summed E-state index contributed by atoms with van der Waals surface area (Å²) in [4.78, 5) is 10.6. The van der Waals surface area contributed by atoms with Crippen LogP contribution in [-0.4, -0.2) is 16.5 Å². The van der Waals surface area contributed by atoms with Crippen LogP contribution in [0.5, 0.6) is 0 Å². The van der Waals surface area contributed by atoms with E-state index in [0.29, 0.717) is 5.82 Å². The molecule has 2 N–H and O–H groups in total. The number of rotatable bonds is 1. The van der Waals surface area contributed by atoms with Gasteiger partial charge in [-0.05, 0) is 25.0 Å². The number of hydrogen-bond donors (Lipinski definition) is 1. The Hall–Kier alpha value is -2.10. The van der Waals surface area contributed by atoms with E-state index >= 15 is 0 Å². The van der Waals surface area contributed by atoms with E-state index in [4.69, 9.17) is 5.73 Å². The first kappa shape index (κ1) is 10.1. The molecule has 1 aliphatic heterocycles. The minimum atomic E-state index is 0.555. The molecule has 0 saturated heterocycles. The van der Waals surface area contributed by atoms with Crippen LogP contribution in [0.15, 0.2) is 30.6 Å². The molecule has 3 rings (SSSR count). The number of anilines is 3. The topological polar surface area (TPSA) is 55.0 Å². The monoisotopic (exact) mass is 226 g/mol. The zero-order chi connectivity index (χ0) is 11.8. The molecule has 0 radical (unpaired) electrons. The van der Waals surface area contributed by atoms with Crippen molar-refractivity contribution in [3.8, 4) is 0 Å². The van der Waals surface area contributed by atoms with Gasteiger partial charge in [0.2, 0.25) is 0 Å². The van der Waals surface area contributed by atoms with Gasteiger partial charge >= 0.3 is 0 Å². The Labute approximate surface area is 100 Å². The number of hydrogen-bond acceptors (Lipinski definition) is 4. The quantitative estimate of drug-likeness (QED) is 0.808. The Kier molecular flexibility index (Phi) is 2.21. The highest BCUT2D eigenvalue weighted by Crippen LogP contribution is 2.35. The van der Waals surface area contributed by atoms with E-state index in [9.17, 15) is 0 Å². The first-order valence-corrected chi connectivity index (χ1v) is 5.70. The number of para-hydroxylation sites is 1. The van der Waals surface area contributed by atoms with Gasteiger partial charge in [-0.2, -0.15) is 0 Å². The lowest BCUT2D eigenvalue weighted by Crippen LogP contribution is -2.17.